The Balaban J connectivity index is 2.10. The summed E-state index contributed by atoms with van der Waals surface area (Å²) in [5.74, 6) is -0.200. The van der Waals surface area contributed by atoms with Gasteiger partial charge in [-0.1, -0.05) is 12.1 Å². The summed E-state index contributed by atoms with van der Waals surface area (Å²) in [5.41, 5.74) is 4.16. The van der Waals surface area contributed by atoms with Gasteiger partial charge in [0.25, 0.3) is 0 Å². The summed E-state index contributed by atoms with van der Waals surface area (Å²) in [6.07, 6.45) is 3.88. The highest BCUT2D eigenvalue weighted by atomic mass is 19.1. The number of hydrogen-bond acceptors (Lipinski definition) is 2. The second-order valence-corrected chi connectivity index (χ2v) is 5.13. The number of pyridine rings is 1. The number of rotatable bonds is 2. The summed E-state index contributed by atoms with van der Waals surface area (Å²) in [5, 5.41) is 0. The summed E-state index contributed by atoms with van der Waals surface area (Å²) < 4.78 is 15.6. The number of benzene rings is 1. The van der Waals surface area contributed by atoms with Crippen LogP contribution in [0.4, 0.5) is 10.1 Å². The molecule has 0 fully saturated rings. The van der Waals surface area contributed by atoms with Gasteiger partial charge in [0.2, 0.25) is 0 Å². The molecule has 102 valence electrons. The molecule has 4 heteroatoms. The van der Waals surface area contributed by atoms with Gasteiger partial charge in [0.05, 0.1) is 5.69 Å². The van der Waals surface area contributed by atoms with E-state index in [2.05, 4.69) is 4.98 Å². The van der Waals surface area contributed by atoms with Crippen molar-refractivity contribution in [2.24, 2.45) is 0 Å². The number of halogens is 1. The fourth-order valence-corrected chi connectivity index (χ4v) is 2.14. The van der Waals surface area contributed by atoms with Crippen LogP contribution in [0.3, 0.4) is 0 Å². The second-order valence-electron chi connectivity index (χ2n) is 5.13. The van der Waals surface area contributed by atoms with Gasteiger partial charge in [0, 0.05) is 43.8 Å². The lowest BCUT2D eigenvalue weighted by Gasteiger charge is -2.11. The zero-order chi connectivity index (χ0) is 14.3. The number of anilines is 1. The zero-order valence-corrected chi connectivity index (χ0v) is 11.8. The van der Waals surface area contributed by atoms with Crippen LogP contribution < -0.4 is 4.90 Å². The third kappa shape index (κ3) is 2.13. The van der Waals surface area contributed by atoms with Crippen LogP contribution in [0.5, 0.6) is 0 Å². The van der Waals surface area contributed by atoms with Crippen LogP contribution in [0.1, 0.15) is 5.56 Å². The smallest absolute Gasteiger partial charge is 0.139 e. The molecule has 3 aromatic rings. The molecule has 0 aliphatic rings. The summed E-state index contributed by atoms with van der Waals surface area (Å²) in [6, 6.07) is 9.24. The highest BCUT2D eigenvalue weighted by molar-refractivity contribution is 5.65. The highest BCUT2D eigenvalue weighted by Crippen LogP contribution is 2.23. The molecule has 0 radical (unpaired) electrons. The van der Waals surface area contributed by atoms with E-state index in [9.17, 15) is 4.39 Å². The van der Waals surface area contributed by atoms with Crippen molar-refractivity contribution in [3.05, 3.63) is 54.1 Å². The molecular formula is C16H16FN3. The van der Waals surface area contributed by atoms with Gasteiger partial charge in [0.15, 0.2) is 0 Å². The molecule has 2 aromatic heterocycles. The van der Waals surface area contributed by atoms with E-state index in [-0.39, 0.29) is 5.82 Å². The summed E-state index contributed by atoms with van der Waals surface area (Å²) in [6.45, 7) is 1.76. The van der Waals surface area contributed by atoms with Crippen molar-refractivity contribution < 1.29 is 4.39 Å². The third-order valence-electron chi connectivity index (χ3n) is 3.43. The average Bonchev–Trinajstić information content (AvgIpc) is 2.84. The Labute approximate surface area is 117 Å². The Morgan fingerprint density at radius 1 is 1.15 bits per heavy atom. The molecule has 0 N–H and O–H groups in total. The topological polar surface area (TPSA) is 20.5 Å². The lowest BCUT2D eigenvalue weighted by Crippen LogP contribution is -2.08. The molecular weight excluding hydrogens is 253 g/mol. The summed E-state index contributed by atoms with van der Waals surface area (Å²) in [4.78, 5) is 6.59. The van der Waals surface area contributed by atoms with E-state index >= 15 is 0 Å². The third-order valence-corrected chi connectivity index (χ3v) is 3.43. The molecule has 3 rings (SSSR count). The fourth-order valence-electron chi connectivity index (χ4n) is 2.14. The van der Waals surface area contributed by atoms with Crippen molar-refractivity contribution in [2.75, 3.05) is 19.0 Å². The fraction of sp³-hybridized carbons (Fsp3) is 0.188. The maximum atomic E-state index is 13.6. The first-order valence-electron chi connectivity index (χ1n) is 6.47. The largest absolute Gasteiger partial charge is 0.378 e. The van der Waals surface area contributed by atoms with Gasteiger partial charge in [-0.25, -0.2) is 9.37 Å². The Bertz CT molecular complexity index is 774. The molecule has 0 unspecified atom stereocenters. The van der Waals surface area contributed by atoms with E-state index in [1.807, 2.05) is 54.0 Å². The first-order valence-corrected chi connectivity index (χ1v) is 6.47. The average molecular weight is 269 g/mol. The quantitative estimate of drug-likeness (QED) is 0.709. The van der Waals surface area contributed by atoms with Gasteiger partial charge >= 0.3 is 0 Å². The lowest BCUT2D eigenvalue weighted by molar-refractivity contribution is 0.619. The normalized spacial score (nSPS) is 11.0. The van der Waals surface area contributed by atoms with Gasteiger partial charge in [-0.3, -0.25) is 0 Å². The minimum Gasteiger partial charge on any atom is -0.378 e. The molecule has 0 amide bonds. The Morgan fingerprint density at radius 3 is 2.65 bits per heavy atom. The van der Waals surface area contributed by atoms with E-state index in [1.165, 1.54) is 6.07 Å². The minimum absolute atomic E-state index is 0.200. The maximum absolute atomic E-state index is 13.6. The van der Waals surface area contributed by atoms with Crippen LogP contribution in [0, 0.1) is 12.7 Å². The van der Waals surface area contributed by atoms with Crippen molar-refractivity contribution >= 4 is 11.3 Å². The molecule has 0 spiro atoms. The van der Waals surface area contributed by atoms with E-state index < -0.39 is 0 Å². The number of aryl methyl sites for hydroxylation is 1. The first-order chi connectivity index (χ1) is 9.54. The van der Waals surface area contributed by atoms with Gasteiger partial charge in [-0.2, -0.15) is 0 Å². The predicted octanol–water partition coefficient (Wildman–Crippen LogP) is 3.51. The van der Waals surface area contributed by atoms with Crippen LogP contribution in [0.25, 0.3) is 16.9 Å². The Morgan fingerprint density at radius 2 is 1.95 bits per heavy atom. The predicted molar refractivity (Wildman–Crippen MR) is 79.7 cm³/mol. The molecule has 0 saturated carbocycles. The molecule has 0 atom stereocenters. The Hall–Kier alpha value is -2.36. The van der Waals surface area contributed by atoms with Gasteiger partial charge in [0.1, 0.15) is 11.5 Å². The number of imidazole rings is 1. The molecule has 0 bridgehead atoms. The Kier molecular flexibility index (Phi) is 2.93. The minimum atomic E-state index is -0.200. The monoisotopic (exact) mass is 269 g/mol. The molecule has 0 aliphatic carbocycles. The molecule has 2 heterocycles. The van der Waals surface area contributed by atoms with Crippen LogP contribution in [-0.4, -0.2) is 23.5 Å². The standard InChI is InChI=1S/C16H16FN3/c1-11-4-5-12(8-14(11)17)15-10-20-7-6-13(19(2)3)9-16(20)18-15/h4-10H,1-3H3. The molecule has 1 aromatic carbocycles. The number of aromatic nitrogens is 2. The first kappa shape index (κ1) is 12.7. The second kappa shape index (κ2) is 4.63. The van der Waals surface area contributed by atoms with E-state index in [0.29, 0.717) is 5.56 Å². The van der Waals surface area contributed by atoms with Crippen LogP contribution in [0.2, 0.25) is 0 Å². The summed E-state index contributed by atoms with van der Waals surface area (Å²) in [7, 11) is 3.98. The summed E-state index contributed by atoms with van der Waals surface area (Å²) >= 11 is 0. The van der Waals surface area contributed by atoms with Crippen molar-refractivity contribution in [3.8, 4) is 11.3 Å². The molecule has 3 nitrogen and oxygen atoms in total. The van der Waals surface area contributed by atoms with E-state index in [0.717, 1.165) is 22.6 Å². The zero-order valence-electron chi connectivity index (χ0n) is 11.8. The van der Waals surface area contributed by atoms with Gasteiger partial charge < -0.3 is 9.30 Å². The SMILES string of the molecule is Cc1ccc(-c2cn3ccc(N(C)C)cc3n2)cc1F. The number of fused-ring (bicyclic) bond motifs is 1. The molecule has 20 heavy (non-hydrogen) atoms. The van der Waals surface area contributed by atoms with E-state index in [4.69, 9.17) is 0 Å². The molecule has 0 saturated heterocycles. The van der Waals surface area contributed by atoms with Gasteiger partial charge in [-0.05, 0) is 24.6 Å². The number of hydrogen-bond donors (Lipinski definition) is 0. The molecule has 0 aliphatic heterocycles. The number of nitrogens with zero attached hydrogens (tertiary/aromatic N) is 3. The van der Waals surface area contributed by atoms with Crippen LogP contribution in [0.15, 0.2) is 42.7 Å². The van der Waals surface area contributed by atoms with Crippen molar-refractivity contribution in [1.82, 2.24) is 9.38 Å². The van der Waals surface area contributed by atoms with Crippen molar-refractivity contribution in [1.29, 1.82) is 0 Å². The van der Waals surface area contributed by atoms with Gasteiger partial charge in [-0.15, -0.1) is 0 Å². The van der Waals surface area contributed by atoms with E-state index in [1.54, 1.807) is 13.0 Å². The van der Waals surface area contributed by atoms with Crippen LogP contribution in [-0.2, 0) is 0 Å². The highest BCUT2D eigenvalue weighted by Gasteiger charge is 2.07. The van der Waals surface area contributed by atoms with Crippen molar-refractivity contribution in [3.63, 3.8) is 0 Å². The van der Waals surface area contributed by atoms with Crippen molar-refractivity contribution in [2.45, 2.75) is 6.92 Å². The maximum Gasteiger partial charge on any atom is 0.139 e. The lowest BCUT2D eigenvalue weighted by atomic mass is 10.1. The van der Waals surface area contributed by atoms with Crippen LogP contribution >= 0.6 is 0 Å².